The van der Waals surface area contributed by atoms with Gasteiger partial charge in [0.2, 0.25) is 5.91 Å². The lowest BCUT2D eigenvalue weighted by Crippen LogP contribution is -2.25. The Morgan fingerprint density at radius 2 is 1.91 bits per heavy atom. The Morgan fingerprint density at radius 1 is 1.12 bits per heavy atom. The number of carbonyl (C=O) groups excluding carboxylic acids is 2. The molecule has 0 unspecified atom stereocenters. The third kappa shape index (κ3) is 6.28. The number of amides is 2. The second-order valence-electron chi connectivity index (χ2n) is 7.25. The molecule has 0 saturated carbocycles. The van der Waals surface area contributed by atoms with Crippen molar-refractivity contribution >= 4 is 52.5 Å². The Balaban J connectivity index is 1.61. The molecule has 3 rings (SSSR count). The van der Waals surface area contributed by atoms with Gasteiger partial charge in [0.25, 0.3) is 5.91 Å². The van der Waals surface area contributed by atoms with Gasteiger partial charge in [-0.2, -0.15) is 0 Å². The van der Waals surface area contributed by atoms with Crippen molar-refractivity contribution in [3.05, 3.63) is 69.0 Å². The number of anilines is 1. The van der Waals surface area contributed by atoms with Crippen LogP contribution in [0.1, 0.15) is 41.2 Å². The number of halogens is 2. The van der Waals surface area contributed by atoms with Gasteiger partial charge in [0.15, 0.2) is 11.0 Å². The first-order valence-electron chi connectivity index (χ1n) is 10.5. The van der Waals surface area contributed by atoms with Crippen LogP contribution in [0.3, 0.4) is 0 Å². The number of rotatable bonds is 9. The van der Waals surface area contributed by atoms with Gasteiger partial charge in [0.1, 0.15) is 0 Å². The van der Waals surface area contributed by atoms with E-state index >= 15 is 0 Å². The highest BCUT2D eigenvalue weighted by Gasteiger charge is 2.16. The van der Waals surface area contributed by atoms with Crippen molar-refractivity contribution < 1.29 is 9.59 Å². The van der Waals surface area contributed by atoms with E-state index in [0.29, 0.717) is 28.1 Å². The Bertz CT molecular complexity index is 1170. The molecule has 10 heteroatoms. The lowest BCUT2D eigenvalue weighted by atomic mass is 10.1. The van der Waals surface area contributed by atoms with Crippen molar-refractivity contribution in [2.45, 2.75) is 45.4 Å². The van der Waals surface area contributed by atoms with Gasteiger partial charge in [-0.15, -0.1) is 10.2 Å². The van der Waals surface area contributed by atoms with Gasteiger partial charge in [-0.1, -0.05) is 60.1 Å². The first-order valence-corrected chi connectivity index (χ1v) is 12.2. The van der Waals surface area contributed by atoms with Crippen molar-refractivity contribution in [3.63, 3.8) is 0 Å². The first kappa shape index (κ1) is 25.1. The van der Waals surface area contributed by atoms with Crippen molar-refractivity contribution in [1.29, 1.82) is 0 Å². The van der Waals surface area contributed by atoms with Crippen LogP contribution in [0.25, 0.3) is 0 Å². The standard InChI is InChI=1S/C23H25Cl2N5O2S/c1-4-15-8-6-7-14(3)21(15)27-20(31)13-33-23-29-28-19(30(23)5-2)12-26-22(32)17-10-9-16(24)11-18(17)25/h6-11H,4-5,12-13H2,1-3H3,(H,26,32)(H,27,31). The van der Waals surface area contributed by atoms with Gasteiger partial charge in [0.05, 0.1) is 22.9 Å². The van der Waals surface area contributed by atoms with E-state index in [1.165, 1.54) is 17.8 Å². The number of aryl methyl sites for hydroxylation is 2. The third-order valence-electron chi connectivity index (χ3n) is 5.03. The Labute approximate surface area is 207 Å². The van der Waals surface area contributed by atoms with Gasteiger partial charge in [-0.25, -0.2) is 0 Å². The average Bonchev–Trinajstić information content (AvgIpc) is 3.19. The SMILES string of the molecule is CCc1cccc(C)c1NC(=O)CSc1nnc(CNC(=O)c2ccc(Cl)cc2Cl)n1CC. The first-order chi connectivity index (χ1) is 15.8. The van der Waals surface area contributed by atoms with E-state index in [2.05, 4.69) is 27.8 Å². The van der Waals surface area contributed by atoms with E-state index in [-0.39, 0.29) is 29.1 Å². The van der Waals surface area contributed by atoms with Gasteiger partial charge in [0, 0.05) is 17.3 Å². The molecule has 7 nitrogen and oxygen atoms in total. The molecule has 0 saturated heterocycles. The van der Waals surface area contributed by atoms with E-state index < -0.39 is 0 Å². The quantitative estimate of drug-likeness (QED) is 0.393. The molecule has 0 bridgehead atoms. The Hall–Kier alpha value is -2.55. The molecule has 33 heavy (non-hydrogen) atoms. The molecule has 2 N–H and O–H groups in total. The lowest BCUT2D eigenvalue weighted by Gasteiger charge is -2.13. The number of aromatic nitrogens is 3. The average molecular weight is 506 g/mol. The van der Waals surface area contributed by atoms with Gasteiger partial charge < -0.3 is 15.2 Å². The molecule has 1 aromatic heterocycles. The maximum absolute atomic E-state index is 12.6. The summed E-state index contributed by atoms with van der Waals surface area (Å²) in [6, 6.07) is 10.7. The Kier molecular flexibility index (Phi) is 8.77. The summed E-state index contributed by atoms with van der Waals surface area (Å²) in [5, 5.41) is 15.5. The fourth-order valence-electron chi connectivity index (χ4n) is 3.31. The second kappa shape index (κ2) is 11.5. The minimum atomic E-state index is -0.333. The van der Waals surface area contributed by atoms with E-state index in [1.807, 2.05) is 36.6 Å². The smallest absolute Gasteiger partial charge is 0.253 e. The highest BCUT2D eigenvalue weighted by atomic mass is 35.5. The van der Waals surface area contributed by atoms with Crippen LogP contribution < -0.4 is 10.6 Å². The predicted molar refractivity (Wildman–Crippen MR) is 133 cm³/mol. The summed E-state index contributed by atoms with van der Waals surface area (Å²) in [7, 11) is 0. The highest BCUT2D eigenvalue weighted by molar-refractivity contribution is 7.99. The lowest BCUT2D eigenvalue weighted by molar-refractivity contribution is -0.113. The maximum Gasteiger partial charge on any atom is 0.253 e. The van der Waals surface area contributed by atoms with E-state index in [4.69, 9.17) is 23.2 Å². The van der Waals surface area contributed by atoms with Gasteiger partial charge in [-0.3, -0.25) is 9.59 Å². The zero-order valence-electron chi connectivity index (χ0n) is 18.6. The monoisotopic (exact) mass is 505 g/mol. The molecule has 0 spiro atoms. The van der Waals surface area contributed by atoms with Crippen molar-refractivity contribution in [2.24, 2.45) is 0 Å². The maximum atomic E-state index is 12.6. The molecular formula is C23H25Cl2N5O2S. The molecule has 2 aromatic carbocycles. The molecule has 174 valence electrons. The summed E-state index contributed by atoms with van der Waals surface area (Å²) in [6.45, 7) is 6.77. The summed E-state index contributed by atoms with van der Waals surface area (Å²) < 4.78 is 1.87. The highest BCUT2D eigenvalue weighted by Crippen LogP contribution is 2.23. The van der Waals surface area contributed by atoms with Gasteiger partial charge >= 0.3 is 0 Å². The molecule has 0 atom stereocenters. The van der Waals surface area contributed by atoms with Crippen molar-refractivity contribution in [1.82, 2.24) is 20.1 Å². The van der Waals surface area contributed by atoms with Crippen LogP contribution in [-0.2, 0) is 24.3 Å². The fourth-order valence-corrected chi connectivity index (χ4v) is 4.63. The summed E-state index contributed by atoms with van der Waals surface area (Å²) in [6.07, 6.45) is 0.838. The number of nitrogens with zero attached hydrogens (tertiary/aromatic N) is 3. The van der Waals surface area contributed by atoms with Gasteiger partial charge in [-0.05, 0) is 49.6 Å². The molecule has 0 aliphatic carbocycles. The van der Waals surface area contributed by atoms with Crippen LogP contribution in [0.2, 0.25) is 10.0 Å². The Morgan fingerprint density at radius 3 is 2.61 bits per heavy atom. The minimum Gasteiger partial charge on any atom is -0.345 e. The molecule has 2 amide bonds. The predicted octanol–water partition coefficient (Wildman–Crippen LogP) is 5.14. The van der Waals surface area contributed by atoms with Crippen molar-refractivity contribution in [2.75, 3.05) is 11.1 Å². The van der Waals surface area contributed by atoms with Crippen molar-refractivity contribution in [3.8, 4) is 0 Å². The molecule has 0 aliphatic heterocycles. The molecule has 0 fully saturated rings. The number of benzene rings is 2. The molecular weight excluding hydrogens is 481 g/mol. The number of hydrogen-bond acceptors (Lipinski definition) is 5. The summed E-state index contributed by atoms with van der Waals surface area (Å²) in [5.74, 6) is 0.344. The molecule has 1 heterocycles. The zero-order chi connectivity index (χ0) is 24.0. The van der Waals surface area contributed by atoms with Crippen LogP contribution in [0.4, 0.5) is 5.69 Å². The van der Waals surface area contributed by atoms with Crippen LogP contribution in [0.5, 0.6) is 0 Å². The molecule has 3 aromatic rings. The number of hydrogen-bond donors (Lipinski definition) is 2. The van der Waals surface area contributed by atoms with E-state index in [1.54, 1.807) is 12.1 Å². The van der Waals surface area contributed by atoms with E-state index in [0.717, 1.165) is 23.2 Å². The summed E-state index contributed by atoms with van der Waals surface area (Å²) in [5.41, 5.74) is 3.33. The number of thioether (sulfide) groups is 1. The third-order valence-corrected chi connectivity index (χ3v) is 6.54. The largest absolute Gasteiger partial charge is 0.345 e. The van der Waals surface area contributed by atoms with Crippen LogP contribution in [0, 0.1) is 6.92 Å². The normalized spacial score (nSPS) is 10.8. The summed E-state index contributed by atoms with van der Waals surface area (Å²) in [4.78, 5) is 25.0. The summed E-state index contributed by atoms with van der Waals surface area (Å²) >= 11 is 13.3. The second-order valence-corrected chi connectivity index (χ2v) is 9.04. The van der Waals surface area contributed by atoms with Crippen LogP contribution >= 0.6 is 35.0 Å². The molecule has 0 aliphatic rings. The van der Waals surface area contributed by atoms with E-state index in [9.17, 15) is 9.59 Å². The number of para-hydroxylation sites is 1. The van der Waals surface area contributed by atoms with Crippen LogP contribution in [-0.4, -0.2) is 32.3 Å². The minimum absolute atomic E-state index is 0.109. The number of carbonyl (C=O) groups is 2. The number of nitrogens with one attached hydrogen (secondary N) is 2. The zero-order valence-corrected chi connectivity index (χ0v) is 20.9. The molecule has 0 radical (unpaired) electrons. The van der Waals surface area contributed by atoms with Crippen LogP contribution in [0.15, 0.2) is 41.6 Å². The topological polar surface area (TPSA) is 88.9 Å². The fraction of sp³-hybridized carbons (Fsp3) is 0.304.